The first kappa shape index (κ1) is 18.3. The van der Waals surface area contributed by atoms with E-state index >= 15 is 0 Å². The van der Waals surface area contributed by atoms with Crippen LogP contribution in [0.1, 0.15) is 13.3 Å². The van der Waals surface area contributed by atoms with Gasteiger partial charge >= 0.3 is 0 Å². The molecule has 6 heteroatoms. The Morgan fingerprint density at radius 3 is 2.71 bits per heavy atom. The van der Waals surface area contributed by atoms with Crippen molar-refractivity contribution < 1.29 is 9.90 Å². The quantitative estimate of drug-likeness (QED) is 0.718. The molecule has 0 fully saturated rings. The van der Waals surface area contributed by atoms with Crippen LogP contribution >= 0.6 is 23.4 Å². The minimum absolute atomic E-state index is 0.0615. The van der Waals surface area contributed by atoms with Crippen molar-refractivity contribution in [1.29, 1.82) is 0 Å². The summed E-state index contributed by atoms with van der Waals surface area (Å²) in [6.07, 6.45) is 0.397. The molecule has 1 aromatic rings. The average Bonchev–Trinajstić information content (AvgIpc) is 2.37. The average molecular weight is 331 g/mol. The number of hydrogen-bond acceptors (Lipinski definition) is 4. The van der Waals surface area contributed by atoms with Gasteiger partial charge in [-0.2, -0.15) is 0 Å². The summed E-state index contributed by atoms with van der Waals surface area (Å²) in [7, 11) is 3.77. The normalized spacial score (nSPS) is 14.0. The maximum absolute atomic E-state index is 11.8. The van der Waals surface area contributed by atoms with Crippen molar-refractivity contribution in [3.63, 3.8) is 0 Å². The van der Waals surface area contributed by atoms with E-state index < -0.39 is 5.60 Å². The summed E-state index contributed by atoms with van der Waals surface area (Å²) in [6, 6.07) is 7.58. The molecule has 0 saturated heterocycles. The van der Waals surface area contributed by atoms with E-state index in [-0.39, 0.29) is 12.5 Å². The van der Waals surface area contributed by atoms with Gasteiger partial charge in [0.25, 0.3) is 0 Å². The molecule has 0 aromatic heterocycles. The minimum Gasteiger partial charge on any atom is -0.387 e. The maximum atomic E-state index is 11.8. The Morgan fingerprint density at radius 1 is 1.43 bits per heavy atom. The summed E-state index contributed by atoms with van der Waals surface area (Å²) in [5.74, 6) is 0.597. The van der Waals surface area contributed by atoms with Crippen LogP contribution in [0.2, 0.25) is 5.02 Å². The van der Waals surface area contributed by atoms with Crippen molar-refractivity contribution in [3.8, 4) is 0 Å². The van der Waals surface area contributed by atoms with Crippen molar-refractivity contribution in [2.75, 3.05) is 32.9 Å². The van der Waals surface area contributed by atoms with Crippen LogP contribution in [0.5, 0.6) is 0 Å². The summed E-state index contributed by atoms with van der Waals surface area (Å²) in [5, 5.41) is 13.6. The van der Waals surface area contributed by atoms with Gasteiger partial charge in [-0.1, -0.05) is 23.7 Å². The third-order valence-corrected chi connectivity index (χ3v) is 4.26. The number of rotatable bonds is 8. The van der Waals surface area contributed by atoms with Crippen molar-refractivity contribution in [3.05, 3.63) is 29.3 Å². The number of carbonyl (C=O) groups is 1. The Kier molecular flexibility index (Phi) is 7.52. The van der Waals surface area contributed by atoms with Crippen LogP contribution in [0.15, 0.2) is 29.2 Å². The number of nitrogens with one attached hydrogen (secondary N) is 1. The van der Waals surface area contributed by atoms with Gasteiger partial charge < -0.3 is 15.3 Å². The first-order valence-corrected chi connectivity index (χ1v) is 8.18. The van der Waals surface area contributed by atoms with Gasteiger partial charge in [0.2, 0.25) is 5.91 Å². The molecule has 0 aliphatic rings. The molecule has 21 heavy (non-hydrogen) atoms. The van der Waals surface area contributed by atoms with Crippen LogP contribution in [-0.4, -0.2) is 54.5 Å². The van der Waals surface area contributed by atoms with Crippen molar-refractivity contribution in [1.82, 2.24) is 10.2 Å². The van der Waals surface area contributed by atoms with Crippen LogP contribution in [0, 0.1) is 0 Å². The number of nitrogens with zero attached hydrogens (tertiary/aromatic N) is 1. The van der Waals surface area contributed by atoms with E-state index in [1.165, 1.54) is 0 Å². The second-order valence-electron chi connectivity index (χ2n) is 5.54. The second-order valence-corrected chi connectivity index (χ2v) is 7.08. The molecule has 0 spiro atoms. The number of hydrogen-bond donors (Lipinski definition) is 2. The zero-order valence-corrected chi connectivity index (χ0v) is 14.3. The highest BCUT2D eigenvalue weighted by Gasteiger charge is 2.21. The lowest BCUT2D eigenvalue weighted by molar-refractivity contribution is -0.121. The molecular weight excluding hydrogens is 308 g/mol. The monoisotopic (exact) mass is 330 g/mol. The Balaban J connectivity index is 2.27. The van der Waals surface area contributed by atoms with E-state index in [1.54, 1.807) is 18.7 Å². The number of halogens is 1. The summed E-state index contributed by atoms with van der Waals surface area (Å²) in [6.45, 7) is 2.47. The van der Waals surface area contributed by atoms with Crippen LogP contribution in [0.3, 0.4) is 0 Å². The molecule has 0 radical (unpaired) electrons. The Bertz CT molecular complexity index is 467. The molecular formula is C15H23ClN2O2S. The fourth-order valence-corrected chi connectivity index (χ4v) is 3.12. The van der Waals surface area contributed by atoms with Gasteiger partial charge in [0.1, 0.15) is 0 Å². The van der Waals surface area contributed by atoms with Crippen LogP contribution < -0.4 is 5.32 Å². The molecule has 2 N–H and O–H groups in total. The molecule has 1 atom stereocenters. The Labute approximate surface area is 135 Å². The van der Waals surface area contributed by atoms with E-state index in [0.29, 0.717) is 23.7 Å². The van der Waals surface area contributed by atoms with Gasteiger partial charge in [0.15, 0.2) is 0 Å². The molecule has 0 saturated carbocycles. The highest BCUT2D eigenvalue weighted by atomic mass is 35.5. The molecule has 1 rings (SSSR count). The van der Waals surface area contributed by atoms with E-state index in [1.807, 2.05) is 43.3 Å². The first-order chi connectivity index (χ1) is 9.80. The highest BCUT2D eigenvalue weighted by molar-refractivity contribution is 7.99. The molecule has 118 valence electrons. The predicted molar refractivity (Wildman–Crippen MR) is 89.0 cm³/mol. The zero-order chi connectivity index (χ0) is 15.9. The molecule has 1 unspecified atom stereocenters. The highest BCUT2D eigenvalue weighted by Crippen LogP contribution is 2.26. The summed E-state index contributed by atoms with van der Waals surface area (Å²) in [5.41, 5.74) is -0.922. The van der Waals surface area contributed by atoms with E-state index in [4.69, 9.17) is 11.6 Å². The van der Waals surface area contributed by atoms with Gasteiger partial charge in [-0.05, 0) is 33.2 Å². The molecule has 0 aliphatic heterocycles. The van der Waals surface area contributed by atoms with Crippen LogP contribution in [0.25, 0.3) is 0 Å². The van der Waals surface area contributed by atoms with Crippen molar-refractivity contribution in [2.24, 2.45) is 0 Å². The van der Waals surface area contributed by atoms with E-state index in [9.17, 15) is 9.90 Å². The lowest BCUT2D eigenvalue weighted by Crippen LogP contribution is -2.47. The van der Waals surface area contributed by atoms with Gasteiger partial charge in [0.05, 0.1) is 10.6 Å². The number of thioether (sulfide) groups is 1. The zero-order valence-electron chi connectivity index (χ0n) is 12.7. The van der Waals surface area contributed by atoms with E-state index in [2.05, 4.69) is 5.32 Å². The van der Waals surface area contributed by atoms with E-state index in [0.717, 1.165) is 4.90 Å². The molecule has 1 aromatic carbocycles. The lowest BCUT2D eigenvalue weighted by atomic mass is 10.1. The summed E-state index contributed by atoms with van der Waals surface area (Å²) >= 11 is 7.61. The Morgan fingerprint density at radius 2 is 2.10 bits per heavy atom. The van der Waals surface area contributed by atoms with Crippen molar-refractivity contribution >= 4 is 29.3 Å². The number of aliphatic hydroxyl groups is 1. The third kappa shape index (κ3) is 7.71. The minimum atomic E-state index is -0.922. The predicted octanol–water partition coefficient (Wildman–Crippen LogP) is 2.25. The van der Waals surface area contributed by atoms with Gasteiger partial charge in [-0.3, -0.25) is 4.79 Å². The number of amides is 1. The molecule has 4 nitrogen and oxygen atoms in total. The molecule has 1 amide bonds. The molecule has 0 aliphatic carbocycles. The fraction of sp³-hybridized carbons (Fsp3) is 0.533. The fourth-order valence-electron chi connectivity index (χ4n) is 1.93. The SMILES string of the molecule is CN(C)CC(C)(O)CNC(=O)CCSc1ccccc1Cl. The van der Waals surface area contributed by atoms with Crippen LogP contribution in [-0.2, 0) is 4.79 Å². The Hall–Kier alpha value is -0.750. The van der Waals surface area contributed by atoms with Crippen molar-refractivity contribution in [2.45, 2.75) is 23.8 Å². The first-order valence-electron chi connectivity index (χ1n) is 6.81. The summed E-state index contributed by atoms with van der Waals surface area (Å²) < 4.78 is 0. The number of carbonyl (C=O) groups excluding carboxylic acids is 1. The number of benzene rings is 1. The van der Waals surface area contributed by atoms with Crippen LogP contribution in [0.4, 0.5) is 0 Å². The molecule has 0 bridgehead atoms. The van der Waals surface area contributed by atoms with Gasteiger partial charge in [-0.15, -0.1) is 11.8 Å². The second kappa shape index (κ2) is 8.63. The lowest BCUT2D eigenvalue weighted by Gasteiger charge is -2.27. The summed E-state index contributed by atoms with van der Waals surface area (Å²) in [4.78, 5) is 14.6. The topological polar surface area (TPSA) is 52.6 Å². The number of likely N-dealkylation sites (N-methyl/N-ethyl adjacent to an activating group) is 1. The van der Waals surface area contributed by atoms with Gasteiger partial charge in [0, 0.05) is 30.2 Å². The van der Waals surface area contributed by atoms with Gasteiger partial charge in [-0.25, -0.2) is 0 Å². The maximum Gasteiger partial charge on any atom is 0.220 e. The smallest absolute Gasteiger partial charge is 0.220 e. The standard InChI is InChI=1S/C15H23ClN2O2S/c1-15(20,11-18(2)3)10-17-14(19)8-9-21-13-7-5-4-6-12(13)16/h4-7,20H,8-11H2,1-3H3,(H,17,19). The largest absolute Gasteiger partial charge is 0.387 e. The molecule has 0 heterocycles. The third-order valence-electron chi connectivity index (χ3n) is 2.75.